The van der Waals surface area contributed by atoms with E-state index in [1.807, 2.05) is 4.72 Å². The third-order valence-corrected chi connectivity index (χ3v) is 4.03. The summed E-state index contributed by atoms with van der Waals surface area (Å²) in [5.41, 5.74) is -0.0871. The summed E-state index contributed by atoms with van der Waals surface area (Å²) in [4.78, 5) is 10.8. The Balaban J connectivity index is 2.22. The maximum Gasteiger partial charge on any atom is 0.335 e. The molecule has 0 unspecified atom stereocenters. The van der Waals surface area contributed by atoms with Crippen molar-refractivity contribution >= 4 is 39.4 Å². The number of carboxylic acid groups (broad SMARTS) is 1. The number of halogens is 2. The van der Waals surface area contributed by atoms with Gasteiger partial charge >= 0.3 is 5.97 Å². The molecule has 0 aliphatic rings. The van der Waals surface area contributed by atoms with E-state index in [4.69, 9.17) is 16.7 Å². The summed E-state index contributed by atoms with van der Waals surface area (Å²) >= 11 is 5.72. The molecule has 2 N–H and O–H groups in total. The smallest absolute Gasteiger partial charge is 0.335 e. The first-order valence-corrected chi connectivity index (χ1v) is 8.18. The summed E-state index contributed by atoms with van der Waals surface area (Å²) in [6.45, 7) is 0. The average Bonchev–Trinajstić information content (AvgIpc) is 2.48. The predicted molar refractivity (Wildman–Crippen MR) is 86.4 cm³/mol. The van der Waals surface area contributed by atoms with Crippen LogP contribution in [-0.2, 0) is 10.0 Å². The zero-order chi connectivity index (χ0) is 17.0. The number of nitrogens with one attached hydrogen (secondary N) is 1. The number of aromatic carboxylic acids is 1. The first-order valence-electron chi connectivity index (χ1n) is 6.26. The highest BCUT2D eigenvalue weighted by molar-refractivity contribution is 7.95. The van der Waals surface area contributed by atoms with Crippen LogP contribution in [0.5, 0.6) is 0 Å². The first kappa shape index (κ1) is 17.0. The van der Waals surface area contributed by atoms with Crippen molar-refractivity contribution in [3.8, 4) is 0 Å². The SMILES string of the molecule is O=C(O)c1ccc(F)c(NS(=O)(=O)C=Cc2ccc(Cl)cc2)c1. The molecule has 0 aromatic heterocycles. The Morgan fingerprint density at radius 1 is 1.17 bits per heavy atom. The molecule has 0 spiro atoms. The van der Waals surface area contributed by atoms with Crippen LogP contribution in [0.2, 0.25) is 5.02 Å². The number of sulfonamides is 1. The van der Waals surface area contributed by atoms with Crippen LogP contribution < -0.4 is 4.72 Å². The van der Waals surface area contributed by atoms with Crippen LogP contribution in [-0.4, -0.2) is 19.5 Å². The second-order valence-corrected chi connectivity index (χ2v) is 6.50. The van der Waals surface area contributed by atoms with E-state index in [1.165, 1.54) is 6.08 Å². The molecule has 0 saturated heterocycles. The third-order valence-electron chi connectivity index (χ3n) is 2.78. The normalized spacial score (nSPS) is 11.6. The molecule has 0 aliphatic carbocycles. The number of carboxylic acids is 1. The summed E-state index contributed by atoms with van der Waals surface area (Å²) in [5, 5.41) is 10.2. The van der Waals surface area contributed by atoms with Gasteiger partial charge in [0.15, 0.2) is 0 Å². The number of carbonyl (C=O) groups is 1. The molecule has 23 heavy (non-hydrogen) atoms. The summed E-state index contributed by atoms with van der Waals surface area (Å²) in [6, 6.07) is 9.24. The average molecular weight is 356 g/mol. The van der Waals surface area contributed by atoms with Crippen LogP contribution in [0.15, 0.2) is 47.9 Å². The molecule has 120 valence electrons. The number of rotatable bonds is 5. The van der Waals surface area contributed by atoms with E-state index < -0.39 is 27.5 Å². The van der Waals surface area contributed by atoms with Gasteiger partial charge in [0.25, 0.3) is 10.0 Å². The van der Waals surface area contributed by atoms with Crippen LogP contribution >= 0.6 is 11.6 Å². The summed E-state index contributed by atoms with van der Waals surface area (Å²) in [6.07, 6.45) is 1.30. The highest BCUT2D eigenvalue weighted by Crippen LogP contribution is 2.19. The van der Waals surface area contributed by atoms with Gasteiger partial charge in [0.05, 0.1) is 16.7 Å². The lowest BCUT2D eigenvalue weighted by atomic mass is 10.2. The number of hydrogen-bond donors (Lipinski definition) is 2. The van der Waals surface area contributed by atoms with Gasteiger partial charge in [-0.2, -0.15) is 0 Å². The Hall–Kier alpha value is -2.38. The van der Waals surface area contributed by atoms with E-state index in [0.717, 1.165) is 23.6 Å². The third kappa shape index (κ3) is 4.80. The standard InChI is InChI=1S/C15H11ClFNO4S/c16-12-4-1-10(2-5-12)7-8-23(21,22)18-14-9-11(15(19)20)3-6-13(14)17/h1-9,18H,(H,19,20). The fourth-order valence-electron chi connectivity index (χ4n) is 1.67. The minimum absolute atomic E-state index is 0.231. The second-order valence-electron chi connectivity index (χ2n) is 4.50. The number of benzene rings is 2. The van der Waals surface area contributed by atoms with E-state index in [2.05, 4.69) is 0 Å². The molecule has 0 saturated carbocycles. The van der Waals surface area contributed by atoms with Crippen molar-refractivity contribution in [3.63, 3.8) is 0 Å². The molecule has 0 atom stereocenters. The molecule has 0 bridgehead atoms. The molecule has 0 fully saturated rings. The fraction of sp³-hybridized carbons (Fsp3) is 0. The van der Waals surface area contributed by atoms with Crippen molar-refractivity contribution in [3.05, 3.63) is 69.8 Å². The fourth-order valence-corrected chi connectivity index (χ4v) is 2.66. The van der Waals surface area contributed by atoms with Crippen LogP contribution in [0.4, 0.5) is 10.1 Å². The molecule has 0 aliphatic heterocycles. The zero-order valence-electron chi connectivity index (χ0n) is 11.5. The van der Waals surface area contributed by atoms with Gasteiger partial charge in [-0.25, -0.2) is 17.6 Å². The van der Waals surface area contributed by atoms with Gasteiger partial charge in [0.1, 0.15) is 5.82 Å². The highest BCUT2D eigenvalue weighted by atomic mass is 35.5. The Kier molecular flexibility index (Phi) is 5.02. The second kappa shape index (κ2) is 6.80. The van der Waals surface area contributed by atoms with E-state index in [1.54, 1.807) is 24.3 Å². The van der Waals surface area contributed by atoms with Gasteiger partial charge in [-0.05, 0) is 42.0 Å². The van der Waals surface area contributed by atoms with E-state index in [9.17, 15) is 17.6 Å². The van der Waals surface area contributed by atoms with Crippen molar-refractivity contribution in [1.29, 1.82) is 0 Å². The quantitative estimate of drug-likeness (QED) is 0.858. The Bertz CT molecular complexity index is 864. The summed E-state index contributed by atoms with van der Waals surface area (Å²) in [7, 11) is -4.00. The van der Waals surface area contributed by atoms with Gasteiger partial charge in [0, 0.05) is 5.02 Å². The van der Waals surface area contributed by atoms with E-state index in [-0.39, 0.29) is 5.56 Å². The van der Waals surface area contributed by atoms with Gasteiger partial charge in [-0.1, -0.05) is 23.7 Å². The monoisotopic (exact) mass is 355 g/mol. The van der Waals surface area contributed by atoms with Crippen LogP contribution in [0.25, 0.3) is 6.08 Å². The number of anilines is 1. The topological polar surface area (TPSA) is 83.5 Å². The maximum atomic E-state index is 13.6. The molecule has 0 amide bonds. The Labute approximate surface area is 137 Å². The van der Waals surface area contributed by atoms with E-state index in [0.29, 0.717) is 10.6 Å². The van der Waals surface area contributed by atoms with Crippen molar-refractivity contribution in [2.45, 2.75) is 0 Å². The zero-order valence-corrected chi connectivity index (χ0v) is 13.1. The molecule has 8 heteroatoms. The Morgan fingerprint density at radius 3 is 2.43 bits per heavy atom. The molecular weight excluding hydrogens is 345 g/mol. The van der Waals surface area contributed by atoms with Gasteiger partial charge in [-0.15, -0.1) is 0 Å². The van der Waals surface area contributed by atoms with Crippen molar-refractivity contribution < 1.29 is 22.7 Å². The molecule has 0 heterocycles. The minimum atomic E-state index is -4.00. The summed E-state index contributed by atoms with van der Waals surface area (Å²) in [5.74, 6) is -2.17. The predicted octanol–water partition coefficient (Wildman–Crippen LogP) is 3.59. The molecule has 2 rings (SSSR count). The largest absolute Gasteiger partial charge is 0.478 e. The first-order chi connectivity index (χ1) is 10.8. The molecule has 2 aromatic carbocycles. The van der Waals surface area contributed by atoms with Crippen molar-refractivity contribution in [1.82, 2.24) is 0 Å². The lowest BCUT2D eigenvalue weighted by Gasteiger charge is -2.06. The maximum absolute atomic E-state index is 13.6. The van der Waals surface area contributed by atoms with Crippen LogP contribution in [0.3, 0.4) is 0 Å². The molecule has 2 aromatic rings. The lowest BCUT2D eigenvalue weighted by Crippen LogP contribution is -2.11. The van der Waals surface area contributed by atoms with Gasteiger partial charge in [0.2, 0.25) is 0 Å². The number of hydrogen-bond acceptors (Lipinski definition) is 3. The van der Waals surface area contributed by atoms with Gasteiger partial charge in [-0.3, -0.25) is 4.72 Å². The summed E-state index contributed by atoms with van der Waals surface area (Å²) < 4.78 is 39.5. The molecule has 0 radical (unpaired) electrons. The molecular formula is C15H11ClFNO4S. The lowest BCUT2D eigenvalue weighted by molar-refractivity contribution is 0.0697. The van der Waals surface area contributed by atoms with Crippen LogP contribution in [0.1, 0.15) is 15.9 Å². The van der Waals surface area contributed by atoms with Crippen molar-refractivity contribution in [2.24, 2.45) is 0 Å². The van der Waals surface area contributed by atoms with Crippen molar-refractivity contribution in [2.75, 3.05) is 4.72 Å². The molecule has 5 nitrogen and oxygen atoms in total. The highest BCUT2D eigenvalue weighted by Gasteiger charge is 2.13. The van der Waals surface area contributed by atoms with E-state index >= 15 is 0 Å². The van der Waals surface area contributed by atoms with Crippen LogP contribution in [0, 0.1) is 5.82 Å². The Morgan fingerprint density at radius 2 is 1.83 bits per heavy atom. The van der Waals surface area contributed by atoms with Gasteiger partial charge < -0.3 is 5.11 Å². The minimum Gasteiger partial charge on any atom is -0.478 e.